The van der Waals surface area contributed by atoms with Crippen molar-refractivity contribution in [2.45, 2.75) is 0 Å². The lowest BCUT2D eigenvalue weighted by atomic mass is 9.89. The second-order valence-corrected chi connectivity index (χ2v) is 14.6. The Labute approximate surface area is 334 Å². The van der Waals surface area contributed by atoms with Crippen LogP contribution in [0.4, 0.5) is 17.1 Å². The first kappa shape index (κ1) is 34.0. The number of hydrogen-bond acceptors (Lipinski definition) is 1. The molecule has 0 atom stereocenters. The molecular weight excluding hydrogens is 687 g/mol. The first-order valence-electron chi connectivity index (χ1n) is 19.6. The largest absolute Gasteiger partial charge is 0.311 e. The Morgan fingerprint density at radius 1 is 0.211 bits per heavy atom. The van der Waals surface area contributed by atoms with Gasteiger partial charge in [0.1, 0.15) is 0 Å². The minimum atomic E-state index is 1.10. The molecular formula is C56H39N. The number of benzene rings is 10. The van der Waals surface area contributed by atoms with Gasteiger partial charge in [0.15, 0.2) is 0 Å². The molecule has 57 heavy (non-hydrogen) atoms. The summed E-state index contributed by atoms with van der Waals surface area (Å²) in [5.74, 6) is 0. The summed E-state index contributed by atoms with van der Waals surface area (Å²) in [6.07, 6.45) is 0. The zero-order chi connectivity index (χ0) is 38.0. The van der Waals surface area contributed by atoms with Crippen molar-refractivity contribution < 1.29 is 0 Å². The highest BCUT2D eigenvalue weighted by atomic mass is 15.1. The Balaban J connectivity index is 0.960. The van der Waals surface area contributed by atoms with Crippen molar-refractivity contribution in [3.63, 3.8) is 0 Å². The number of hydrogen-bond donors (Lipinski definition) is 0. The van der Waals surface area contributed by atoms with Crippen molar-refractivity contribution in [2.24, 2.45) is 0 Å². The van der Waals surface area contributed by atoms with Crippen molar-refractivity contribution >= 4 is 38.6 Å². The molecule has 0 saturated heterocycles. The third-order valence-electron chi connectivity index (χ3n) is 11.1. The van der Waals surface area contributed by atoms with E-state index >= 15 is 0 Å². The van der Waals surface area contributed by atoms with Gasteiger partial charge in [-0.15, -0.1) is 0 Å². The van der Waals surface area contributed by atoms with E-state index < -0.39 is 0 Å². The van der Waals surface area contributed by atoms with Crippen molar-refractivity contribution in [2.75, 3.05) is 4.90 Å². The molecule has 0 aliphatic rings. The summed E-state index contributed by atoms with van der Waals surface area (Å²) in [4.78, 5) is 2.33. The monoisotopic (exact) mass is 725 g/mol. The van der Waals surface area contributed by atoms with Crippen molar-refractivity contribution in [1.29, 1.82) is 0 Å². The Morgan fingerprint density at radius 3 is 1.33 bits per heavy atom. The Kier molecular flexibility index (Phi) is 8.95. The van der Waals surface area contributed by atoms with Crippen LogP contribution in [-0.4, -0.2) is 0 Å². The molecule has 0 aromatic heterocycles. The van der Waals surface area contributed by atoms with E-state index in [1.54, 1.807) is 0 Å². The van der Waals surface area contributed by atoms with E-state index in [1.165, 1.54) is 77.2 Å². The third kappa shape index (κ3) is 6.77. The fourth-order valence-corrected chi connectivity index (χ4v) is 8.13. The maximum Gasteiger partial charge on any atom is 0.0462 e. The minimum absolute atomic E-state index is 1.10. The Bertz CT molecular complexity index is 2960. The molecule has 0 N–H and O–H groups in total. The molecule has 0 heterocycles. The van der Waals surface area contributed by atoms with E-state index in [4.69, 9.17) is 0 Å². The SMILES string of the molecule is c1ccc(-c2cc(-c3ccc(N(c4ccccc4)c4ccc(-c5ccc(-c6ccc7ccccc7c6)cc5)cc4)cc3)ccc2-c2cccc3ccccc23)cc1. The van der Waals surface area contributed by atoms with Crippen LogP contribution >= 0.6 is 0 Å². The van der Waals surface area contributed by atoms with Crippen LogP contribution in [0, 0.1) is 0 Å². The smallest absolute Gasteiger partial charge is 0.0462 e. The molecule has 0 aliphatic carbocycles. The summed E-state index contributed by atoms with van der Waals surface area (Å²) < 4.78 is 0. The summed E-state index contributed by atoms with van der Waals surface area (Å²) in [6, 6.07) is 85.5. The number of anilines is 3. The van der Waals surface area contributed by atoms with Gasteiger partial charge in [-0.1, -0.05) is 188 Å². The molecule has 1 nitrogen and oxygen atoms in total. The Hall–Kier alpha value is -7.48. The molecule has 0 amide bonds. The zero-order valence-electron chi connectivity index (χ0n) is 31.5. The van der Waals surface area contributed by atoms with Gasteiger partial charge in [0, 0.05) is 17.1 Å². The van der Waals surface area contributed by atoms with Crippen LogP contribution in [0.3, 0.4) is 0 Å². The average Bonchev–Trinajstić information content (AvgIpc) is 3.30. The number of rotatable bonds is 8. The van der Waals surface area contributed by atoms with E-state index in [2.05, 4.69) is 241 Å². The van der Waals surface area contributed by atoms with Crippen LogP contribution in [0.25, 0.3) is 77.2 Å². The predicted molar refractivity (Wildman–Crippen MR) is 243 cm³/mol. The topological polar surface area (TPSA) is 3.24 Å². The lowest BCUT2D eigenvalue weighted by Crippen LogP contribution is -2.09. The van der Waals surface area contributed by atoms with Gasteiger partial charge >= 0.3 is 0 Å². The van der Waals surface area contributed by atoms with Gasteiger partial charge in [-0.25, -0.2) is 0 Å². The first-order chi connectivity index (χ1) is 28.2. The molecule has 0 unspecified atom stereocenters. The quantitative estimate of drug-likeness (QED) is 0.151. The number of fused-ring (bicyclic) bond motifs is 2. The maximum absolute atomic E-state index is 2.35. The fourth-order valence-electron chi connectivity index (χ4n) is 8.13. The van der Waals surface area contributed by atoms with E-state index in [0.717, 1.165) is 17.1 Å². The van der Waals surface area contributed by atoms with Crippen LogP contribution in [0.2, 0.25) is 0 Å². The molecule has 0 radical (unpaired) electrons. The van der Waals surface area contributed by atoms with E-state index in [-0.39, 0.29) is 0 Å². The maximum atomic E-state index is 2.35. The summed E-state index contributed by atoms with van der Waals surface area (Å²) >= 11 is 0. The second kappa shape index (κ2) is 15.0. The number of para-hydroxylation sites is 1. The van der Waals surface area contributed by atoms with E-state index in [1.807, 2.05) is 0 Å². The van der Waals surface area contributed by atoms with Crippen molar-refractivity contribution in [1.82, 2.24) is 0 Å². The molecule has 0 spiro atoms. The molecule has 10 aromatic rings. The van der Waals surface area contributed by atoms with Crippen molar-refractivity contribution in [3.8, 4) is 55.6 Å². The highest BCUT2D eigenvalue weighted by Gasteiger charge is 2.15. The highest BCUT2D eigenvalue weighted by molar-refractivity contribution is 6.01. The van der Waals surface area contributed by atoms with Crippen LogP contribution < -0.4 is 4.90 Å². The third-order valence-corrected chi connectivity index (χ3v) is 11.1. The van der Waals surface area contributed by atoms with Gasteiger partial charge in [-0.2, -0.15) is 0 Å². The van der Waals surface area contributed by atoms with Gasteiger partial charge in [0.25, 0.3) is 0 Å². The molecule has 268 valence electrons. The zero-order valence-corrected chi connectivity index (χ0v) is 31.5. The first-order valence-corrected chi connectivity index (χ1v) is 19.6. The molecule has 10 rings (SSSR count). The summed E-state index contributed by atoms with van der Waals surface area (Å²) in [5.41, 5.74) is 15.4. The predicted octanol–water partition coefficient (Wildman–Crippen LogP) is 15.8. The van der Waals surface area contributed by atoms with Gasteiger partial charge in [0.05, 0.1) is 0 Å². The standard InChI is InChI=1S/C56H39N/c1-3-13-46(14-4-1)56-39-49(32-37-55(56)54-21-11-17-45-15-9-10-20-53(45)54)44-30-35-52(36-31-44)57(50-18-5-2-6-19-50)51-33-28-42(29-34-51)41-22-24-43(25-23-41)48-27-26-40-12-7-8-16-47(40)38-48/h1-39H. The number of nitrogens with zero attached hydrogens (tertiary/aromatic N) is 1. The van der Waals surface area contributed by atoms with E-state index in [9.17, 15) is 0 Å². The molecule has 0 saturated carbocycles. The van der Waals surface area contributed by atoms with Crippen LogP contribution in [0.15, 0.2) is 237 Å². The highest BCUT2D eigenvalue weighted by Crippen LogP contribution is 2.41. The molecule has 0 bridgehead atoms. The summed E-state index contributed by atoms with van der Waals surface area (Å²) in [7, 11) is 0. The lowest BCUT2D eigenvalue weighted by molar-refractivity contribution is 1.28. The lowest BCUT2D eigenvalue weighted by Gasteiger charge is -2.26. The minimum Gasteiger partial charge on any atom is -0.311 e. The Morgan fingerprint density at radius 2 is 0.667 bits per heavy atom. The average molecular weight is 726 g/mol. The molecule has 10 aromatic carbocycles. The summed E-state index contributed by atoms with van der Waals surface area (Å²) in [6.45, 7) is 0. The normalized spacial score (nSPS) is 11.2. The van der Waals surface area contributed by atoms with Gasteiger partial charge in [-0.3, -0.25) is 0 Å². The molecule has 0 aliphatic heterocycles. The van der Waals surface area contributed by atoms with E-state index in [0.29, 0.717) is 0 Å². The molecule has 1 heteroatoms. The fraction of sp³-hybridized carbons (Fsp3) is 0. The van der Waals surface area contributed by atoms with Crippen LogP contribution in [0.1, 0.15) is 0 Å². The van der Waals surface area contributed by atoms with Gasteiger partial charge in [-0.05, 0) is 126 Å². The van der Waals surface area contributed by atoms with Gasteiger partial charge in [0.2, 0.25) is 0 Å². The second-order valence-electron chi connectivity index (χ2n) is 14.6. The van der Waals surface area contributed by atoms with Crippen LogP contribution in [-0.2, 0) is 0 Å². The summed E-state index contributed by atoms with van der Waals surface area (Å²) in [5, 5.41) is 5.03. The van der Waals surface area contributed by atoms with Crippen molar-refractivity contribution in [3.05, 3.63) is 237 Å². The van der Waals surface area contributed by atoms with Gasteiger partial charge < -0.3 is 4.90 Å². The molecule has 0 fully saturated rings. The van der Waals surface area contributed by atoms with Crippen LogP contribution in [0.5, 0.6) is 0 Å².